The average Bonchev–Trinajstić information content (AvgIpc) is 3.45. The maximum atomic E-state index is 12.9. The van der Waals surface area contributed by atoms with Crippen LogP contribution in [0.3, 0.4) is 0 Å². The van der Waals surface area contributed by atoms with Crippen molar-refractivity contribution in [3.63, 3.8) is 0 Å². The molecule has 0 radical (unpaired) electrons. The van der Waals surface area contributed by atoms with E-state index in [1.165, 1.54) is 30.5 Å². The molecule has 1 aromatic heterocycles. The standard InChI is InChI=1S/C26H28N4O3S/c1-30-22-16-18(26(31)29-34(32,33)19-10-3-2-4-11-19)14-15-20(22)24(17-8-5-6-9-17)25(30)21-12-7-13-23(27)28-21/h2-4,7,10-17,24-25H,5-6,8-9H2,1H3,(H2,27,28)(H,29,31). The molecule has 0 spiro atoms. The van der Waals surface area contributed by atoms with Crippen LogP contribution in [0.25, 0.3) is 0 Å². The monoisotopic (exact) mass is 476 g/mol. The van der Waals surface area contributed by atoms with Gasteiger partial charge in [-0.15, -0.1) is 0 Å². The highest BCUT2D eigenvalue weighted by atomic mass is 32.2. The Kier molecular flexibility index (Phi) is 5.77. The van der Waals surface area contributed by atoms with Crippen molar-refractivity contribution in [2.75, 3.05) is 17.7 Å². The van der Waals surface area contributed by atoms with Crippen molar-refractivity contribution in [1.82, 2.24) is 9.71 Å². The number of benzene rings is 2. The third-order valence-corrected chi connectivity index (χ3v) is 8.42. The highest BCUT2D eigenvalue weighted by molar-refractivity contribution is 7.90. The molecule has 8 heteroatoms. The van der Waals surface area contributed by atoms with E-state index in [4.69, 9.17) is 5.73 Å². The quantitative estimate of drug-likeness (QED) is 0.570. The van der Waals surface area contributed by atoms with Crippen molar-refractivity contribution in [3.8, 4) is 0 Å². The fraction of sp³-hybridized carbons (Fsp3) is 0.308. The van der Waals surface area contributed by atoms with Crippen molar-refractivity contribution in [2.24, 2.45) is 5.92 Å². The maximum absolute atomic E-state index is 12.9. The lowest BCUT2D eigenvalue weighted by atomic mass is 9.80. The molecule has 1 fully saturated rings. The molecule has 1 aliphatic carbocycles. The van der Waals surface area contributed by atoms with Crippen LogP contribution in [0.5, 0.6) is 0 Å². The van der Waals surface area contributed by atoms with Crippen LogP contribution in [-0.4, -0.2) is 26.4 Å². The van der Waals surface area contributed by atoms with E-state index in [0.717, 1.165) is 24.2 Å². The molecule has 2 unspecified atom stereocenters. The Bertz CT molecular complexity index is 1320. The number of nitrogens with two attached hydrogens (primary N) is 1. The summed E-state index contributed by atoms with van der Waals surface area (Å²) in [5.74, 6) is 0.596. The number of amides is 1. The Morgan fingerprint density at radius 2 is 1.76 bits per heavy atom. The number of rotatable bonds is 5. The van der Waals surface area contributed by atoms with Gasteiger partial charge in [0.1, 0.15) is 5.82 Å². The smallest absolute Gasteiger partial charge is 0.265 e. The van der Waals surface area contributed by atoms with E-state index < -0.39 is 15.9 Å². The third-order valence-electron chi connectivity index (χ3n) is 7.07. The largest absolute Gasteiger partial charge is 0.384 e. The van der Waals surface area contributed by atoms with E-state index in [1.807, 2.05) is 25.2 Å². The van der Waals surface area contributed by atoms with E-state index in [-0.39, 0.29) is 16.9 Å². The summed E-state index contributed by atoms with van der Waals surface area (Å²) in [5, 5.41) is 0. The van der Waals surface area contributed by atoms with Crippen molar-refractivity contribution in [2.45, 2.75) is 42.5 Å². The minimum absolute atomic E-state index is 0.00737. The normalized spacial score (nSPS) is 20.3. The number of hydrogen-bond donors (Lipinski definition) is 2. The minimum Gasteiger partial charge on any atom is -0.384 e. The highest BCUT2D eigenvalue weighted by Crippen LogP contribution is 2.54. The number of carbonyl (C=O) groups excluding carboxylic acids is 1. The van der Waals surface area contributed by atoms with E-state index in [0.29, 0.717) is 17.3 Å². The molecule has 34 heavy (non-hydrogen) atoms. The molecule has 1 aliphatic heterocycles. The van der Waals surface area contributed by atoms with Crippen LogP contribution >= 0.6 is 0 Å². The molecule has 176 valence electrons. The topological polar surface area (TPSA) is 105 Å². The highest BCUT2D eigenvalue weighted by Gasteiger charge is 2.43. The summed E-state index contributed by atoms with van der Waals surface area (Å²) < 4.78 is 27.5. The van der Waals surface area contributed by atoms with Crippen molar-refractivity contribution in [1.29, 1.82) is 0 Å². The van der Waals surface area contributed by atoms with Crippen LogP contribution in [0.2, 0.25) is 0 Å². The van der Waals surface area contributed by atoms with Gasteiger partial charge >= 0.3 is 0 Å². The van der Waals surface area contributed by atoms with E-state index in [2.05, 4.69) is 14.6 Å². The Labute approximate surface area is 200 Å². The summed E-state index contributed by atoms with van der Waals surface area (Å²) in [6.07, 6.45) is 4.76. The van der Waals surface area contributed by atoms with Crippen LogP contribution in [0.1, 0.15) is 59.3 Å². The van der Waals surface area contributed by atoms with Crippen LogP contribution in [-0.2, 0) is 10.0 Å². The summed E-state index contributed by atoms with van der Waals surface area (Å²) in [7, 11) is -1.95. The van der Waals surface area contributed by atoms with Crippen molar-refractivity contribution >= 4 is 27.4 Å². The number of fused-ring (bicyclic) bond motifs is 1. The average molecular weight is 477 g/mol. The van der Waals surface area contributed by atoms with E-state index in [9.17, 15) is 13.2 Å². The number of anilines is 2. The fourth-order valence-electron chi connectivity index (χ4n) is 5.52. The van der Waals surface area contributed by atoms with Crippen LogP contribution < -0.4 is 15.4 Å². The van der Waals surface area contributed by atoms with Gasteiger partial charge in [0.15, 0.2) is 0 Å². The summed E-state index contributed by atoms with van der Waals surface area (Å²) in [6.45, 7) is 0. The first-order valence-electron chi connectivity index (χ1n) is 11.6. The van der Waals surface area contributed by atoms with Crippen molar-refractivity contribution in [3.05, 3.63) is 83.6 Å². The van der Waals surface area contributed by atoms with Gasteiger partial charge in [-0.1, -0.05) is 43.2 Å². The molecule has 1 saturated carbocycles. The molecule has 3 N–H and O–H groups in total. The Balaban J connectivity index is 1.49. The Morgan fingerprint density at radius 3 is 2.47 bits per heavy atom. The first-order chi connectivity index (χ1) is 16.3. The molecular weight excluding hydrogens is 448 g/mol. The SMILES string of the molecule is CN1c2cc(C(=O)NS(=O)(=O)c3ccccc3)ccc2C(C2CCCC2)C1c1cccc(N)n1. The summed E-state index contributed by atoms with van der Waals surface area (Å²) in [5.41, 5.74) is 9.32. The summed E-state index contributed by atoms with van der Waals surface area (Å²) in [6, 6.07) is 19.1. The second-order valence-electron chi connectivity index (χ2n) is 9.13. The zero-order valence-corrected chi connectivity index (χ0v) is 19.8. The minimum atomic E-state index is -3.95. The molecular formula is C26H28N4O3S. The lowest BCUT2D eigenvalue weighted by Gasteiger charge is -2.30. The maximum Gasteiger partial charge on any atom is 0.265 e. The van der Waals surface area contributed by atoms with Gasteiger partial charge in [-0.05, 0) is 60.7 Å². The molecule has 2 aliphatic rings. The van der Waals surface area contributed by atoms with Gasteiger partial charge < -0.3 is 10.6 Å². The van der Waals surface area contributed by atoms with Crippen molar-refractivity contribution < 1.29 is 13.2 Å². The molecule has 7 nitrogen and oxygen atoms in total. The fourth-order valence-corrected chi connectivity index (χ4v) is 6.51. The second-order valence-corrected chi connectivity index (χ2v) is 10.8. The number of hydrogen-bond acceptors (Lipinski definition) is 6. The summed E-state index contributed by atoms with van der Waals surface area (Å²) >= 11 is 0. The Morgan fingerprint density at radius 1 is 1.03 bits per heavy atom. The Hall–Kier alpha value is -3.39. The van der Waals surface area contributed by atoms with Gasteiger partial charge in [0.2, 0.25) is 0 Å². The van der Waals surface area contributed by atoms with Gasteiger partial charge in [0.05, 0.1) is 16.6 Å². The first-order valence-corrected chi connectivity index (χ1v) is 13.0. The van der Waals surface area contributed by atoms with Crippen LogP contribution in [0, 0.1) is 5.92 Å². The predicted octanol–water partition coefficient (Wildman–Crippen LogP) is 4.25. The van der Waals surface area contributed by atoms with Crippen LogP contribution in [0.15, 0.2) is 71.6 Å². The molecule has 3 aromatic rings. The van der Waals surface area contributed by atoms with Gasteiger partial charge in [-0.2, -0.15) is 0 Å². The van der Waals surface area contributed by atoms with Crippen LogP contribution in [0.4, 0.5) is 11.5 Å². The second kappa shape index (κ2) is 8.76. The number of likely N-dealkylation sites (N-methyl/N-ethyl adjacent to an activating group) is 1. The van der Waals surface area contributed by atoms with Gasteiger partial charge in [0, 0.05) is 24.2 Å². The van der Waals surface area contributed by atoms with E-state index in [1.54, 1.807) is 36.4 Å². The predicted molar refractivity (Wildman–Crippen MR) is 132 cm³/mol. The van der Waals surface area contributed by atoms with E-state index >= 15 is 0 Å². The molecule has 0 bridgehead atoms. The van der Waals surface area contributed by atoms with Gasteiger partial charge in [-0.25, -0.2) is 18.1 Å². The molecule has 2 heterocycles. The number of nitrogens with zero attached hydrogens (tertiary/aromatic N) is 2. The molecule has 2 atom stereocenters. The molecule has 1 amide bonds. The summed E-state index contributed by atoms with van der Waals surface area (Å²) in [4.78, 5) is 19.8. The van der Waals surface area contributed by atoms with Gasteiger partial charge in [0.25, 0.3) is 15.9 Å². The number of pyridine rings is 1. The zero-order valence-electron chi connectivity index (χ0n) is 19.0. The molecule has 2 aromatic carbocycles. The number of carbonyl (C=O) groups is 1. The first kappa shape index (κ1) is 22.4. The number of sulfonamides is 1. The zero-order chi connectivity index (χ0) is 23.9. The number of nitrogens with one attached hydrogen (secondary N) is 1. The lowest BCUT2D eigenvalue weighted by Crippen LogP contribution is -2.30. The molecule has 5 rings (SSSR count). The molecule has 0 saturated heterocycles. The number of aromatic nitrogens is 1. The number of nitrogen functional groups attached to an aromatic ring is 1. The third kappa shape index (κ3) is 4.03. The van der Waals surface area contributed by atoms with Gasteiger partial charge in [-0.3, -0.25) is 4.79 Å². The lowest BCUT2D eigenvalue weighted by molar-refractivity contribution is 0.0981.